The van der Waals surface area contributed by atoms with Crippen LogP contribution in [0.2, 0.25) is 0 Å². The quantitative estimate of drug-likeness (QED) is 0.188. The number of benzene rings is 4. The van der Waals surface area contributed by atoms with E-state index >= 15 is 0 Å². The van der Waals surface area contributed by atoms with Gasteiger partial charge in [-0.2, -0.15) is 0 Å². The molecule has 0 fully saturated rings. The van der Waals surface area contributed by atoms with E-state index in [9.17, 15) is 0 Å². The number of hydrogen-bond donors (Lipinski definition) is 0. The van der Waals surface area contributed by atoms with Crippen LogP contribution in [0.5, 0.6) is 0 Å². The molecule has 0 radical (unpaired) electrons. The van der Waals surface area contributed by atoms with E-state index in [1.165, 1.54) is 0 Å². The Morgan fingerprint density at radius 1 is 0.361 bits per heavy atom. The molecule has 0 aliphatic rings. The average molecular weight is 483 g/mol. The fourth-order valence-electron chi connectivity index (χ4n) is 3.79. The van der Waals surface area contributed by atoms with Crippen LogP contribution in [0.1, 0.15) is 36.1 Å². The first-order valence-corrected chi connectivity index (χ1v) is 12.3. The van der Waals surface area contributed by atoms with Crippen molar-refractivity contribution in [2.45, 2.75) is 51.8 Å². The Bertz CT molecular complexity index is 966. The zero-order valence-electron chi connectivity index (χ0n) is 21.0. The monoisotopic (exact) mass is 482 g/mol. The SMILES string of the molecule is CC(OCc1ccccc1)(OCc1ccccc1)C(C)(OCc1ccccc1)OCc1ccccc1. The van der Waals surface area contributed by atoms with Crippen LogP contribution in [-0.4, -0.2) is 11.6 Å². The molecular formula is C32H34O4. The molecule has 4 rings (SSSR count). The van der Waals surface area contributed by atoms with Gasteiger partial charge in [-0.05, 0) is 36.1 Å². The molecular weight excluding hydrogens is 448 g/mol. The molecule has 4 nitrogen and oxygen atoms in total. The smallest absolute Gasteiger partial charge is 0.221 e. The van der Waals surface area contributed by atoms with Gasteiger partial charge in [-0.1, -0.05) is 121 Å². The summed E-state index contributed by atoms with van der Waals surface area (Å²) in [5.74, 6) is -2.44. The van der Waals surface area contributed by atoms with Crippen LogP contribution in [0.4, 0.5) is 0 Å². The average Bonchev–Trinajstić information content (AvgIpc) is 2.95. The standard InChI is InChI=1S/C32H34O4/c1-31(33-23-27-15-7-3-8-16-27,34-24-28-17-9-4-10-18-28)32(2,35-25-29-19-11-5-12-20-29)36-26-30-21-13-6-14-22-30/h3-22H,23-26H2,1-2H3. The molecule has 0 amide bonds. The van der Waals surface area contributed by atoms with Gasteiger partial charge in [0.25, 0.3) is 0 Å². The first kappa shape index (κ1) is 25.8. The molecule has 0 atom stereocenters. The Morgan fingerprint density at radius 3 is 0.750 bits per heavy atom. The van der Waals surface area contributed by atoms with Crippen LogP contribution in [0.15, 0.2) is 121 Å². The van der Waals surface area contributed by atoms with Crippen molar-refractivity contribution in [2.24, 2.45) is 0 Å². The molecule has 0 N–H and O–H groups in total. The second-order valence-electron chi connectivity index (χ2n) is 8.99. The van der Waals surface area contributed by atoms with Gasteiger partial charge < -0.3 is 18.9 Å². The fraction of sp³-hybridized carbons (Fsp3) is 0.250. The third kappa shape index (κ3) is 7.12. The van der Waals surface area contributed by atoms with Crippen molar-refractivity contribution in [2.75, 3.05) is 0 Å². The maximum Gasteiger partial charge on any atom is 0.221 e. The van der Waals surface area contributed by atoms with Crippen LogP contribution in [0.3, 0.4) is 0 Å². The van der Waals surface area contributed by atoms with E-state index in [0.29, 0.717) is 26.4 Å². The van der Waals surface area contributed by atoms with Crippen molar-refractivity contribution in [1.82, 2.24) is 0 Å². The van der Waals surface area contributed by atoms with Gasteiger partial charge in [0.1, 0.15) is 0 Å². The van der Waals surface area contributed by atoms with Gasteiger partial charge in [0.15, 0.2) is 0 Å². The van der Waals surface area contributed by atoms with Crippen molar-refractivity contribution in [3.63, 3.8) is 0 Å². The summed E-state index contributed by atoms with van der Waals surface area (Å²) < 4.78 is 26.0. The predicted octanol–water partition coefficient (Wildman–Crippen LogP) is 7.29. The fourth-order valence-corrected chi connectivity index (χ4v) is 3.79. The molecule has 0 aromatic heterocycles. The molecule has 0 heterocycles. The zero-order valence-corrected chi connectivity index (χ0v) is 21.0. The molecule has 0 bridgehead atoms. The Morgan fingerprint density at radius 2 is 0.556 bits per heavy atom. The van der Waals surface area contributed by atoms with Gasteiger partial charge in [-0.25, -0.2) is 0 Å². The first-order valence-electron chi connectivity index (χ1n) is 12.3. The van der Waals surface area contributed by atoms with Gasteiger partial charge in [-0.3, -0.25) is 0 Å². The summed E-state index contributed by atoms with van der Waals surface area (Å²) in [6.45, 7) is 5.20. The minimum absolute atomic E-state index is 0.352. The minimum Gasteiger partial charge on any atom is -0.341 e. The van der Waals surface area contributed by atoms with Gasteiger partial charge in [-0.15, -0.1) is 0 Å². The van der Waals surface area contributed by atoms with Gasteiger partial charge >= 0.3 is 0 Å². The van der Waals surface area contributed by atoms with Gasteiger partial charge in [0, 0.05) is 0 Å². The zero-order chi connectivity index (χ0) is 25.1. The lowest BCUT2D eigenvalue weighted by atomic mass is 10.1. The number of hydrogen-bond acceptors (Lipinski definition) is 4. The maximum absolute atomic E-state index is 6.51. The van der Waals surface area contributed by atoms with E-state index in [4.69, 9.17) is 18.9 Å². The summed E-state index contributed by atoms with van der Waals surface area (Å²) >= 11 is 0. The summed E-state index contributed by atoms with van der Waals surface area (Å²) in [5.41, 5.74) is 4.17. The molecule has 0 unspecified atom stereocenters. The van der Waals surface area contributed by atoms with E-state index < -0.39 is 11.6 Å². The highest BCUT2D eigenvalue weighted by molar-refractivity contribution is 5.16. The second-order valence-corrected chi connectivity index (χ2v) is 8.99. The highest BCUT2D eigenvalue weighted by Crippen LogP contribution is 2.36. The molecule has 186 valence electrons. The van der Waals surface area contributed by atoms with E-state index in [1.54, 1.807) is 0 Å². The Kier molecular flexibility index (Phi) is 9.04. The largest absolute Gasteiger partial charge is 0.341 e. The van der Waals surface area contributed by atoms with Crippen molar-refractivity contribution < 1.29 is 18.9 Å². The topological polar surface area (TPSA) is 36.9 Å². The van der Waals surface area contributed by atoms with Crippen molar-refractivity contribution in [1.29, 1.82) is 0 Å². The van der Waals surface area contributed by atoms with E-state index in [1.807, 2.05) is 135 Å². The number of ether oxygens (including phenoxy) is 4. The first-order chi connectivity index (χ1) is 17.6. The minimum atomic E-state index is -1.22. The third-order valence-electron chi connectivity index (χ3n) is 6.25. The Labute approximate surface area is 214 Å². The summed E-state index contributed by atoms with van der Waals surface area (Å²) in [7, 11) is 0. The normalized spacial score (nSPS) is 11.9. The summed E-state index contributed by atoms with van der Waals surface area (Å²) in [6.07, 6.45) is 0. The van der Waals surface area contributed by atoms with Crippen LogP contribution >= 0.6 is 0 Å². The maximum atomic E-state index is 6.51. The highest BCUT2D eigenvalue weighted by Gasteiger charge is 2.50. The second kappa shape index (κ2) is 12.6. The van der Waals surface area contributed by atoms with Crippen LogP contribution in [0, 0.1) is 0 Å². The van der Waals surface area contributed by atoms with Crippen LogP contribution < -0.4 is 0 Å². The molecule has 4 heteroatoms. The summed E-state index contributed by atoms with van der Waals surface area (Å²) in [5, 5.41) is 0. The van der Waals surface area contributed by atoms with Gasteiger partial charge in [0.05, 0.1) is 26.4 Å². The molecule has 0 aliphatic heterocycles. The number of rotatable bonds is 13. The molecule has 0 saturated heterocycles. The van der Waals surface area contributed by atoms with Crippen molar-refractivity contribution in [3.8, 4) is 0 Å². The Balaban J connectivity index is 1.61. The summed E-state index contributed by atoms with van der Waals surface area (Å²) in [4.78, 5) is 0. The van der Waals surface area contributed by atoms with Crippen LogP contribution in [-0.2, 0) is 45.4 Å². The molecule has 0 spiro atoms. The molecule has 4 aromatic rings. The van der Waals surface area contributed by atoms with Crippen molar-refractivity contribution in [3.05, 3.63) is 144 Å². The van der Waals surface area contributed by atoms with Crippen LogP contribution in [0.25, 0.3) is 0 Å². The van der Waals surface area contributed by atoms with E-state index in [0.717, 1.165) is 22.3 Å². The van der Waals surface area contributed by atoms with E-state index in [2.05, 4.69) is 0 Å². The Hall–Kier alpha value is -3.28. The molecule has 4 aromatic carbocycles. The van der Waals surface area contributed by atoms with E-state index in [-0.39, 0.29) is 0 Å². The molecule has 0 aliphatic carbocycles. The lowest BCUT2D eigenvalue weighted by Crippen LogP contribution is -2.57. The predicted molar refractivity (Wildman–Crippen MR) is 142 cm³/mol. The molecule has 36 heavy (non-hydrogen) atoms. The highest BCUT2D eigenvalue weighted by atomic mass is 16.8. The lowest BCUT2D eigenvalue weighted by molar-refractivity contribution is -0.409. The molecule has 0 saturated carbocycles. The van der Waals surface area contributed by atoms with Gasteiger partial charge in [0.2, 0.25) is 11.6 Å². The summed E-state index contributed by atoms with van der Waals surface area (Å²) in [6, 6.07) is 40.2. The lowest BCUT2D eigenvalue weighted by Gasteiger charge is -2.44. The van der Waals surface area contributed by atoms with Crippen molar-refractivity contribution >= 4 is 0 Å². The third-order valence-corrected chi connectivity index (χ3v) is 6.25.